The van der Waals surface area contributed by atoms with Gasteiger partial charge in [0.1, 0.15) is 17.7 Å². The molecule has 0 radical (unpaired) electrons. The van der Waals surface area contributed by atoms with Crippen molar-refractivity contribution in [2.75, 3.05) is 25.1 Å². The van der Waals surface area contributed by atoms with Crippen LogP contribution < -0.4 is 4.90 Å². The topological polar surface area (TPSA) is 55.3 Å². The average Bonchev–Trinajstić information content (AvgIpc) is 2.46. The smallest absolute Gasteiger partial charge is 0.343 e. The van der Waals surface area contributed by atoms with Gasteiger partial charge < -0.3 is 9.64 Å². The summed E-state index contributed by atoms with van der Waals surface area (Å²) >= 11 is 0. The van der Waals surface area contributed by atoms with E-state index in [0.29, 0.717) is 12.0 Å². The predicted molar refractivity (Wildman–Crippen MR) is 68.8 cm³/mol. The maximum Gasteiger partial charge on any atom is 0.343 e. The van der Waals surface area contributed by atoms with Crippen molar-refractivity contribution in [2.24, 2.45) is 0 Å². The van der Waals surface area contributed by atoms with Gasteiger partial charge in [0.15, 0.2) is 0 Å². The summed E-state index contributed by atoms with van der Waals surface area (Å²) < 4.78 is 4.86. The van der Waals surface area contributed by atoms with Crippen LogP contribution >= 0.6 is 0 Å². The Morgan fingerprint density at radius 3 is 2.67 bits per heavy atom. The molecular weight excluding hydrogens is 230 g/mol. The highest BCUT2D eigenvalue weighted by Gasteiger charge is 2.23. The summed E-state index contributed by atoms with van der Waals surface area (Å²) in [4.78, 5) is 22.6. The van der Waals surface area contributed by atoms with E-state index in [0.717, 1.165) is 37.4 Å². The first-order valence-electron chi connectivity index (χ1n) is 6.45. The van der Waals surface area contributed by atoms with Crippen LogP contribution in [-0.4, -0.2) is 36.1 Å². The van der Waals surface area contributed by atoms with Crippen LogP contribution in [0.1, 0.15) is 42.2 Å². The Hall–Kier alpha value is -1.65. The molecule has 0 spiro atoms. The van der Waals surface area contributed by atoms with Gasteiger partial charge in [-0.15, -0.1) is 0 Å². The van der Waals surface area contributed by atoms with E-state index in [1.165, 1.54) is 19.9 Å². The standard InChI is InChI=1S/C13H19N3O2/c1-3-10-11(13(17)18-2)12(15-9-14-10)16-7-5-4-6-8-16/h9H,3-8H2,1-2H3. The van der Waals surface area contributed by atoms with E-state index in [1.807, 2.05) is 6.92 Å². The van der Waals surface area contributed by atoms with Gasteiger partial charge in [0.05, 0.1) is 12.8 Å². The molecule has 5 heteroatoms. The van der Waals surface area contributed by atoms with Gasteiger partial charge in [0.25, 0.3) is 0 Å². The fraction of sp³-hybridized carbons (Fsp3) is 0.615. The highest BCUT2D eigenvalue weighted by molar-refractivity contribution is 5.95. The summed E-state index contributed by atoms with van der Waals surface area (Å²) in [7, 11) is 1.40. The summed E-state index contributed by atoms with van der Waals surface area (Å²) in [5.74, 6) is 0.390. The number of aryl methyl sites for hydroxylation is 1. The minimum atomic E-state index is -0.340. The minimum absolute atomic E-state index is 0.340. The lowest BCUT2D eigenvalue weighted by atomic mass is 10.1. The maximum absolute atomic E-state index is 11.9. The highest BCUT2D eigenvalue weighted by Crippen LogP contribution is 2.24. The first-order valence-corrected chi connectivity index (χ1v) is 6.45. The van der Waals surface area contributed by atoms with Gasteiger partial charge in [-0.25, -0.2) is 14.8 Å². The largest absolute Gasteiger partial charge is 0.465 e. The fourth-order valence-electron chi connectivity index (χ4n) is 2.34. The number of aromatic nitrogens is 2. The normalized spacial score (nSPS) is 15.6. The van der Waals surface area contributed by atoms with Crippen LogP contribution in [0, 0.1) is 0 Å². The van der Waals surface area contributed by atoms with E-state index in [-0.39, 0.29) is 5.97 Å². The SMILES string of the molecule is CCc1ncnc(N2CCCCC2)c1C(=O)OC. The predicted octanol–water partition coefficient (Wildman–Crippen LogP) is 1.82. The molecule has 1 aromatic rings. The average molecular weight is 249 g/mol. The van der Waals surface area contributed by atoms with E-state index in [4.69, 9.17) is 4.74 Å². The molecular formula is C13H19N3O2. The number of hydrogen-bond acceptors (Lipinski definition) is 5. The molecule has 0 saturated carbocycles. The maximum atomic E-state index is 11.9. The second kappa shape index (κ2) is 5.80. The molecule has 2 heterocycles. The number of hydrogen-bond donors (Lipinski definition) is 0. The molecule has 0 atom stereocenters. The van der Waals surface area contributed by atoms with Gasteiger partial charge in [0.2, 0.25) is 0 Å². The van der Waals surface area contributed by atoms with Crippen LogP contribution in [0.2, 0.25) is 0 Å². The van der Waals surface area contributed by atoms with Crippen LogP contribution in [-0.2, 0) is 11.2 Å². The van der Waals surface area contributed by atoms with Crippen molar-refractivity contribution in [1.29, 1.82) is 0 Å². The summed E-state index contributed by atoms with van der Waals surface area (Å²) in [6, 6.07) is 0. The molecule has 0 bridgehead atoms. The molecule has 1 aromatic heterocycles. The van der Waals surface area contributed by atoms with E-state index >= 15 is 0 Å². The first kappa shape index (κ1) is 12.8. The molecule has 5 nitrogen and oxygen atoms in total. The number of nitrogens with zero attached hydrogens (tertiary/aromatic N) is 3. The molecule has 0 aromatic carbocycles. The molecule has 1 aliphatic rings. The second-order valence-electron chi connectivity index (χ2n) is 4.41. The molecule has 0 unspecified atom stereocenters. The van der Waals surface area contributed by atoms with Crippen molar-refractivity contribution in [1.82, 2.24) is 9.97 Å². The van der Waals surface area contributed by atoms with Crippen molar-refractivity contribution in [3.63, 3.8) is 0 Å². The van der Waals surface area contributed by atoms with Crippen LogP contribution in [0.3, 0.4) is 0 Å². The Morgan fingerprint density at radius 2 is 2.06 bits per heavy atom. The van der Waals surface area contributed by atoms with Crippen molar-refractivity contribution >= 4 is 11.8 Å². The first-order chi connectivity index (χ1) is 8.77. The lowest BCUT2D eigenvalue weighted by molar-refractivity contribution is 0.0599. The van der Waals surface area contributed by atoms with Gasteiger partial charge in [-0.3, -0.25) is 0 Å². The van der Waals surface area contributed by atoms with Crippen LogP contribution in [0.5, 0.6) is 0 Å². The Labute approximate surface area is 107 Å². The number of carbonyl (C=O) groups is 1. The van der Waals surface area contributed by atoms with E-state index < -0.39 is 0 Å². The molecule has 1 fully saturated rings. The van der Waals surface area contributed by atoms with Crippen molar-refractivity contribution < 1.29 is 9.53 Å². The van der Waals surface area contributed by atoms with Crippen LogP contribution in [0.25, 0.3) is 0 Å². The zero-order chi connectivity index (χ0) is 13.0. The van der Waals surface area contributed by atoms with Crippen molar-refractivity contribution in [3.05, 3.63) is 17.6 Å². The Kier molecular flexibility index (Phi) is 4.12. The number of methoxy groups -OCH3 is 1. The third kappa shape index (κ3) is 2.44. The van der Waals surface area contributed by atoms with Gasteiger partial charge in [-0.2, -0.15) is 0 Å². The lowest BCUT2D eigenvalue weighted by Crippen LogP contribution is -2.32. The summed E-state index contributed by atoms with van der Waals surface area (Å²) in [5.41, 5.74) is 1.29. The van der Waals surface area contributed by atoms with Crippen molar-refractivity contribution in [3.8, 4) is 0 Å². The highest BCUT2D eigenvalue weighted by atomic mass is 16.5. The molecule has 1 aliphatic heterocycles. The number of carbonyl (C=O) groups excluding carboxylic acids is 1. The Bertz CT molecular complexity index is 428. The van der Waals surface area contributed by atoms with E-state index in [1.54, 1.807) is 0 Å². The number of rotatable bonds is 3. The Balaban J connectivity index is 2.41. The summed E-state index contributed by atoms with van der Waals surface area (Å²) in [5, 5.41) is 0. The van der Waals surface area contributed by atoms with Gasteiger partial charge >= 0.3 is 5.97 Å². The number of esters is 1. The molecule has 0 amide bonds. The monoisotopic (exact) mass is 249 g/mol. The number of anilines is 1. The van der Waals surface area contributed by atoms with Crippen LogP contribution in [0.15, 0.2) is 6.33 Å². The molecule has 2 rings (SSSR count). The van der Waals surface area contributed by atoms with E-state index in [2.05, 4.69) is 14.9 Å². The second-order valence-corrected chi connectivity index (χ2v) is 4.41. The molecule has 98 valence electrons. The fourth-order valence-corrected chi connectivity index (χ4v) is 2.34. The number of ether oxygens (including phenoxy) is 1. The van der Waals surface area contributed by atoms with Gasteiger partial charge in [-0.05, 0) is 25.7 Å². The molecule has 0 N–H and O–H groups in total. The summed E-state index contributed by atoms with van der Waals surface area (Å²) in [6.45, 7) is 3.88. The zero-order valence-corrected chi connectivity index (χ0v) is 11.0. The van der Waals surface area contributed by atoms with E-state index in [9.17, 15) is 4.79 Å². The third-order valence-corrected chi connectivity index (χ3v) is 3.29. The van der Waals surface area contributed by atoms with Gasteiger partial charge in [0, 0.05) is 13.1 Å². The van der Waals surface area contributed by atoms with Gasteiger partial charge in [-0.1, -0.05) is 6.92 Å². The third-order valence-electron chi connectivity index (χ3n) is 3.29. The zero-order valence-electron chi connectivity index (χ0n) is 11.0. The molecule has 0 aliphatic carbocycles. The van der Waals surface area contributed by atoms with Crippen LogP contribution in [0.4, 0.5) is 5.82 Å². The Morgan fingerprint density at radius 1 is 1.33 bits per heavy atom. The molecule has 18 heavy (non-hydrogen) atoms. The lowest BCUT2D eigenvalue weighted by Gasteiger charge is -2.29. The minimum Gasteiger partial charge on any atom is -0.465 e. The quantitative estimate of drug-likeness (QED) is 0.765. The molecule has 1 saturated heterocycles. The number of piperidine rings is 1. The summed E-state index contributed by atoms with van der Waals surface area (Å²) in [6.07, 6.45) is 5.77. The van der Waals surface area contributed by atoms with Crippen molar-refractivity contribution in [2.45, 2.75) is 32.6 Å².